The van der Waals surface area contributed by atoms with Crippen molar-refractivity contribution in [3.8, 4) is 34.5 Å². The molecule has 0 saturated carbocycles. The van der Waals surface area contributed by atoms with Crippen LogP contribution >= 0.6 is 0 Å². The summed E-state index contributed by atoms with van der Waals surface area (Å²) in [6.07, 6.45) is 0. The predicted molar refractivity (Wildman–Crippen MR) is 83.1 cm³/mol. The van der Waals surface area contributed by atoms with E-state index in [1.54, 1.807) is 0 Å². The highest BCUT2D eigenvalue weighted by Crippen LogP contribution is 2.35. The molecular formula is C17H11N3O3. The van der Waals surface area contributed by atoms with Crippen LogP contribution in [0.2, 0.25) is 0 Å². The average Bonchev–Trinajstić information content (AvgIpc) is 3.31. The number of rotatable bonds is 2. The zero-order valence-electron chi connectivity index (χ0n) is 11.9. The highest BCUT2D eigenvalue weighted by atomic mass is 16.7. The van der Waals surface area contributed by atoms with Gasteiger partial charge in [0.2, 0.25) is 12.6 Å². The number of para-hydroxylation sites is 1. The average molecular weight is 305 g/mol. The molecule has 2 aromatic heterocycles. The van der Waals surface area contributed by atoms with Crippen LogP contribution in [0.3, 0.4) is 0 Å². The lowest BCUT2D eigenvalue weighted by Gasteiger charge is -1.97. The second kappa shape index (κ2) is 4.61. The monoisotopic (exact) mass is 305 g/mol. The van der Waals surface area contributed by atoms with Crippen LogP contribution in [0.15, 0.2) is 53.1 Å². The fourth-order valence-corrected chi connectivity index (χ4v) is 2.67. The lowest BCUT2D eigenvalue weighted by Crippen LogP contribution is -1.92. The first-order valence-electron chi connectivity index (χ1n) is 7.19. The predicted octanol–water partition coefficient (Wildman–Crippen LogP) is 3.61. The van der Waals surface area contributed by atoms with Gasteiger partial charge in [-0.3, -0.25) is 0 Å². The van der Waals surface area contributed by atoms with Gasteiger partial charge in [-0.05, 0) is 30.3 Å². The van der Waals surface area contributed by atoms with Crippen molar-refractivity contribution in [3.05, 3.63) is 48.5 Å². The highest BCUT2D eigenvalue weighted by molar-refractivity contribution is 5.84. The van der Waals surface area contributed by atoms with Gasteiger partial charge in [0.05, 0.1) is 0 Å². The molecule has 0 atom stereocenters. The number of hydrogen-bond donors (Lipinski definition) is 1. The van der Waals surface area contributed by atoms with Crippen LogP contribution in [0.4, 0.5) is 0 Å². The standard InChI is InChI=1S/C17H11N3O3/c1-2-4-12-10(3-1)7-13(18-12)17-19-16(20-23-17)11-5-6-14-15(8-11)22-9-21-14/h1-8,18H,9H2. The summed E-state index contributed by atoms with van der Waals surface area (Å²) in [5, 5.41) is 5.16. The van der Waals surface area contributed by atoms with E-state index >= 15 is 0 Å². The van der Waals surface area contributed by atoms with Gasteiger partial charge in [-0.25, -0.2) is 0 Å². The van der Waals surface area contributed by atoms with Crippen LogP contribution in [0.1, 0.15) is 0 Å². The maximum Gasteiger partial charge on any atom is 0.274 e. The van der Waals surface area contributed by atoms with E-state index in [4.69, 9.17) is 14.0 Å². The number of ether oxygens (including phenoxy) is 2. The summed E-state index contributed by atoms with van der Waals surface area (Å²) in [5.74, 6) is 2.39. The largest absolute Gasteiger partial charge is 0.454 e. The summed E-state index contributed by atoms with van der Waals surface area (Å²) < 4.78 is 16.1. The van der Waals surface area contributed by atoms with Crippen LogP contribution in [0.5, 0.6) is 11.5 Å². The number of H-pyrrole nitrogens is 1. The molecule has 4 aromatic rings. The molecule has 0 fully saturated rings. The second-order valence-electron chi connectivity index (χ2n) is 5.26. The van der Waals surface area contributed by atoms with Crippen molar-refractivity contribution < 1.29 is 14.0 Å². The molecular weight excluding hydrogens is 294 g/mol. The third-order valence-electron chi connectivity index (χ3n) is 3.82. The summed E-state index contributed by atoms with van der Waals surface area (Å²) in [5.41, 5.74) is 2.65. The van der Waals surface area contributed by atoms with Gasteiger partial charge in [-0.2, -0.15) is 4.98 Å². The molecule has 0 unspecified atom stereocenters. The van der Waals surface area contributed by atoms with Gasteiger partial charge in [0.25, 0.3) is 5.89 Å². The van der Waals surface area contributed by atoms with E-state index in [2.05, 4.69) is 15.1 Å². The zero-order chi connectivity index (χ0) is 15.2. The summed E-state index contributed by atoms with van der Waals surface area (Å²) in [4.78, 5) is 7.74. The van der Waals surface area contributed by atoms with Crippen molar-refractivity contribution in [2.75, 3.05) is 6.79 Å². The number of aromatic nitrogens is 3. The minimum Gasteiger partial charge on any atom is -0.454 e. The third kappa shape index (κ3) is 1.96. The molecule has 3 heterocycles. The van der Waals surface area contributed by atoms with Gasteiger partial charge >= 0.3 is 0 Å². The SMILES string of the molecule is c1ccc2[nH]c(-c3nc(-c4ccc5c(c4)OCO5)no3)cc2c1. The molecule has 0 radical (unpaired) electrons. The number of nitrogens with zero attached hydrogens (tertiary/aromatic N) is 2. The van der Waals surface area contributed by atoms with E-state index in [9.17, 15) is 0 Å². The van der Waals surface area contributed by atoms with Crippen molar-refractivity contribution in [1.82, 2.24) is 15.1 Å². The van der Waals surface area contributed by atoms with Crippen LogP contribution in [0.25, 0.3) is 33.9 Å². The Balaban J connectivity index is 1.55. The maximum absolute atomic E-state index is 5.39. The molecule has 112 valence electrons. The quantitative estimate of drug-likeness (QED) is 0.612. The number of aromatic amines is 1. The van der Waals surface area contributed by atoms with Gasteiger partial charge in [-0.1, -0.05) is 23.4 Å². The first-order chi connectivity index (χ1) is 11.4. The normalized spacial score (nSPS) is 12.9. The fraction of sp³-hybridized carbons (Fsp3) is 0.0588. The van der Waals surface area contributed by atoms with Crippen LogP contribution in [-0.4, -0.2) is 21.9 Å². The Labute approximate surface area is 130 Å². The Morgan fingerprint density at radius 3 is 2.83 bits per heavy atom. The van der Waals surface area contributed by atoms with E-state index in [1.165, 1.54) is 0 Å². The topological polar surface area (TPSA) is 73.2 Å². The number of benzene rings is 2. The minimum absolute atomic E-state index is 0.241. The smallest absolute Gasteiger partial charge is 0.274 e. The lowest BCUT2D eigenvalue weighted by molar-refractivity contribution is 0.174. The second-order valence-corrected chi connectivity index (χ2v) is 5.26. The van der Waals surface area contributed by atoms with E-state index < -0.39 is 0 Å². The van der Waals surface area contributed by atoms with Crippen molar-refractivity contribution in [3.63, 3.8) is 0 Å². The molecule has 6 heteroatoms. The van der Waals surface area contributed by atoms with Crippen molar-refractivity contribution in [2.45, 2.75) is 0 Å². The Hall–Kier alpha value is -3.28. The Morgan fingerprint density at radius 1 is 0.957 bits per heavy atom. The first-order valence-corrected chi connectivity index (χ1v) is 7.19. The van der Waals surface area contributed by atoms with Gasteiger partial charge < -0.3 is 19.0 Å². The van der Waals surface area contributed by atoms with Crippen LogP contribution in [-0.2, 0) is 0 Å². The number of hydrogen-bond acceptors (Lipinski definition) is 5. The molecule has 0 spiro atoms. The molecule has 23 heavy (non-hydrogen) atoms. The van der Waals surface area contributed by atoms with E-state index in [0.29, 0.717) is 17.5 Å². The summed E-state index contributed by atoms with van der Waals surface area (Å²) in [6.45, 7) is 0.241. The lowest BCUT2D eigenvalue weighted by atomic mass is 10.2. The molecule has 1 aliphatic rings. The van der Waals surface area contributed by atoms with E-state index in [-0.39, 0.29) is 6.79 Å². The molecule has 5 rings (SSSR count). The Morgan fingerprint density at radius 2 is 1.87 bits per heavy atom. The third-order valence-corrected chi connectivity index (χ3v) is 3.82. The highest BCUT2D eigenvalue weighted by Gasteiger charge is 2.17. The van der Waals surface area contributed by atoms with E-state index in [1.807, 2.05) is 48.5 Å². The van der Waals surface area contributed by atoms with Gasteiger partial charge in [0, 0.05) is 16.5 Å². The molecule has 2 aromatic carbocycles. The van der Waals surface area contributed by atoms with Crippen molar-refractivity contribution >= 4 is 10.9 Å². The summed E-state index contributed by atoms with van der Waals surface area (Å²) in [6, 6.07) is 15.6. The fourth-order valence-electron chi connectivity index (χ4n) is 2.67. The molecule has 6 nitrogen and oxygen atoms in total. The molecule has 1 aliphatic heterocycles. The van der Waals surface area contributed by atoms with Crippen molar-refractivity contribution in [2.24, 2.45) is 0 Å². The first kappa shape index (κ1) is 12.3. The molecule has 1 N–H and O–H groups in total. The van der Waals surface area contributed by atoms with E-state index in [0.717, 1.165) is 27.9 Å². The molecule has 0 bridgehead atoms. The van der Waals surface area contributed by atoms with Crippen molar-refractivity contribution in [1.29, 1.82) is 0 Å². The zero-order valence-corrected chi connectivity index (χ0v) is 11.9. The molecule has 0 amide bonds. The summed E-state index contributed by atoms with van der Waals surface area (Å²) >= 11 is 0. The maximum atomic E-state index is 5.39. The molecule has 0 aliphatic carbocycles. The Kier molecular flexibility index (Phi) is 2.46. The summed E-state index contributed by atoms with van der Waals surface area (Å²) in [7, 11) is 0. The van der Waals surface area contributed by atoms with Crippen LogP contribution < -0.4 is 9.47 Å². The number of nitrogens with one attached hydrogen (secondary N) is 1. The van der Waals surface area contributed by atoms with Crippen LogP contribution in [0, 0.1) is 0 Å². The van der Waals surface area contributed by atoms with Gasteiger partial charge in [0.15, 0.2) is 11.5 Å². The number of fused-ring (bicyclic) bond motifs is 2. The Bertz CT molecular complexity index is 986. The van der Waals surface area contributed by atoms with Gasteiger partial charge in [0.1, 0.15) is 5.69 Å². The molecule has 0 saturated heterocycles. The van der Waals surface area contributed by atoms with Gasteiger partial charge in [-0.15, -0.1) is 0 Å². The minimum atomic E-state index is 0.241.